The fourth-order valence-corrected chi connectivity index (χ4v) is 3.34. The van der Waals surface area contributed by atoms with E-state index in [2.05, 4.69) is 10.6 Å². The summed E-state index contributed by atoms with van der Waals surface area (Å²) in [6, 6.07) is 2.68. The first-order chi connectivity index (χ1) is 16.9. The molecule has 1 heterocycles. The van der Waals surface area contributed by atoms with Crippen molar-refractivity contribution < 1.29 is 52.6 Å². The number of nitro benzene ring substituents is 1. The summed E-state index contributed by atoms with van der Waals surface area (Å²) in [5.41, 5.74) is -0.233. The number of anilines is 1. The van der Waals surface area contributed by atoms with E-state index < -0.39 is 72.1 Å². The number of esters is 4. The summed E-state index contributed by atoms with van der Waals surface area (Å²) >= 11 is 0. The minimum Gasteiger partial charge on any atom is -0.463 e. The molecule has 0 unspecified atom stereocenters. The molecule has 5 atom stereocenters. The van der Waals surface area contributed by atoms with Crippen molar-refractivity contribution in [2.75, 3.05) is 11.9 Å². The first-order valence-electron chi connectivity index (χ1n) is 10.5. The van der Waals surface area contributed by atoms with E-state index in [1.165, 1.54) is 18.2 Å². The monoisotopic (exact) mass is 511 g/mol. The van der Waals surface area contributed by atoms with Gasteiger partial charge in [-0.15, -0.1) is 0 Å². The maximum Gasteiger partial charge on any atom is 0.319 e. The van der Waals surface area contributed by atoms with Crippen LogP contribution in [0.25, 0.3) is 0 Å². The van der Waals surface area contributed by atoms with E-state index in [9.17, 15) is 34.1 Å². The van der Waals surface area contributed by atoms with Gasteiger partial charge in [-0.3, -0.25) is 29.3 Å². The molecule has 1 saturated heterocycles. The summed E-state index contributed by atoms with van der Waals surface area (Å²) in [5, 5.41) is 15.8. The van der Waals surface area contributed by atoms with Crippen LogP contribution in [0.15, 0.2) is 24.3 Å². The van der Waals surface area contributed by atoms with Crippen LogP contribution in [0.1, 0.15) is 27.7 Å². The highest BCUT2D eigenvalue weighted by Crippen LogP contribution is 2.28. The fourth-order valence-electron chi connectivity index (χ4n) is 3.34. The molecule has 0 bridgehead atoms. The quantitative estimate of drug-likeness (QED) is 0.216. The predicted octanol–water partition coefficient (Wildman–Crippen LogP) is 0.799. The Morgan fingerprint density at radius 1 is 0.944 bits per heavy atom. The summed E-state index contributed by atoms with van der Waals surface area (Å²) in [6.45, 7) is 3.85. The van der Waals surface area contributed by atoms with E-state index in [1.54, 1.807) is 0 Å². The first kappa shape index (κ1) is 28.0. The van der Waals surface area contributed by atoms with Crippen molar-refractivity contribution in [1.29, 1.82) is 0 Å². The van der Waals surface area contributed by atoms with Crippen molar-refractivity contribution in [3.05, 3.63) is 34.4 Å². The fraction of sp³-hybridized carbons (Fsp3) is 0.476. The third-order valence-electron chi connectivity index (χ3n) is 4.60. The Hall–Kier alpha value is -4.27. The van der Waals surface area contributed by atoms with Crippen LogP contribution < -0.4 is 10.6 Å². The molecule has 0 aliphatic carbocycles. The number of carbonyl (C=O) groups excluding carboxylic acids is 5. The summed E-state index contributed by atoms with van der Waals surface area (Å²) in [4.78, 5) is 69.8. The van der Waals surface area contributed by atoms with Crippen molar-refractivity contribution in [2.24, 2.45) is 0 Å². The number of ether oxygens (including phenoxy) is 5. The molecule has 15 heteroatoms. The van der Waals surface area contributed by atoms with E-state index >= 15 is 0 Å². The average Bonchev–Trinajstić information content (AvgIpc) is 2.75. The molecular formula is C21H25N3O12. The number of non-ortho nitro benzene ring substituents is 1. The molecule has 0 radical (unpaired) electrons. The highest BCUT2D eigenvalue weighted by Gasteiger charge is 2.52. The molecular weight excluding hydrogens is 486 g/mol. The van der Waals surface area contributed by atoms with Crippen LogP contribution in [0.2, 0.25) is 0 Å². The number of nitrogens with zero attached hydrogens (tertiary/aromatic N) is 1. The second-order valence-corrected chi connectivity index (χ2v) is 7.53. The number of nitro groups is 1. The van der Waals surface area contributed by atoms with Crippen LogP contribution in [0.4, 0.5) is 16.2 Å². The molecule has 1 aromatic carbocycles. The maximum atomic E-state index is 12.7. The zero-order valence-electron chi connectivity index (χ0n) is 19.7. The van der Waals surface area contributed by atoms with Crippen molar-refractivity contribution in [3.63, 3.8) is 0 Å². The van der Waals surface area contributed by atoms with Crippen LogP contribution in [-0.2, 0) is 42.9 Å². The van der Waals surface area contributed by atoms with Gasteiger partial charge in [-0.2, -0.15) is 0 Å². The molecule has 1 aromatic rings. The molecule has 2 N–H and O–H groups in total. The topological polar surface area (TPSA) is 199 Å². The highest BCUT2D eigenvalue weighted by molar-refractivity contribution is 5.90. The lowest BCUT2D eigenvalue weighted by Gasteiger charge is -2.44. The number of amides is 2. The number of hydrogen-bond donors (Lipinski definition) is 2. The van der Waals surface area contributed by atoms with Gasteiger partial charge in [0, 0.05) is 45.5 Å². The van der Waals surface area contributed by atoms with Gasteiger partial charge in [-0.05, 0) is 6.07 Å². The summed E-state index contributed by atoms with van der Waals surface area (Å²) in [5.74, 6) is -3.16. The average molecular weight is 511 g/mol. The van der Waals surface area contributed by atoms with Gasteiger partial charge < -0.3 is 34.3 Å². The van der Waals surface area contributed by atoms with Gasteiger partial charge in [0.25, 0.3) is 5.69 Å². The van der Waals surface area contributed by atoms with Gasteiger partial charge in [0.05, 0.1) is 4.92 Å². The maximum absolute atomic E-state index is 12.7. The van der Waals surface area contributed by atoms with Crippen LogP contribution in [0, 0.1) is 10.1 Å². The molecule has 0 saturated carbocycles. The van der Waals surface area contributed by atoms with E-state index in [4.69, 9.17) is 23.7 Å². The van der Waals surface area contributed by atoms with Crippen molar-refractivity contribution in [2.45, 2.75) is 58.3 Å². The Kier molecular flexibility index (Phi) is 9.66. The van der Waals surface area contributed by atoms with Gasteiger partial charge in [-0.25, -0.2) is 4.79 Å². The van der Waals surface area contributed by atoms with Gasteiger partial charge in [0.15, 0.2) is 12.2 Å². The number of carbonyl (C=O) groups is 5. The van der Waals surface area contributed by atoms with Gasteiger partial charge in [0.2, 0.25) is 6.29 Å². The SMILES string of the molecule is CC(=O)OC[C@@H]1O[C@@H](OC(C)=O)[C@@H](NC(=O)Nc2cccc([N+](=O)[O-])c2)[C@@H](OC(C)=O)[C@@H]1OC(C)=O. The normalized spacial score (nSPS) is 22.9. The molecule has 1 aliphatic rings. The van der Waals surface area contributed by atoms with E-state index in [1.807, 2.05) is 0 Å². The molecule has 36 heavy (non-hydrogen) atoms. The lowest BCUT2D eigenvalue weighted by molar-refractivity contribution is -0.384. The van der Waals surface area contributed by atoms with Gasteiger partial charge >= 0.3 is 29.9 Å². The third-order valence-corrected chi connectivity index (χ3v) is 4.60. The Labute approximate surface area is 204 Å². The van der Waals surface area contributed by atoms with Crippen molar-refractivity contribution >= 4 is 41.3 Å². The number of rotatable bonds is 8. The second-order valence-electron chi connectivity index (χ2n) is 7.53. The molecule has 196 valence electrons. The number of benzene rings is 1. The zero-order chi connectivity index (χ0) is 27.0. The molecule has 15 nitrogen and oxygen atoms in total. The lowest BCUT2D eigenvalue weighted by Crippen LogP contribution is -2.67. The molecule has 2 amide bonds. The van der Waals surface area contributed by atoms with Crippen molar-refractivity contribution in [1.82, 2.24) is 5.32 Å². The second kappa shape index (κ2) is 12.4. The zero-order valence-corrected chi connectivity index (χ0v) is 19.7. The smallest absolute Gasteiger partial charge is 0.319 e. The van der Waals surface area contributed by atoms with Crippen molar-refractivity contribution in [3.8, 4) is 0 Å². The number of nitrogens with one attached hydrogen (secondary N) is 2. The van der Waals surface area contributed by atoms with E-state index in [0.717, 1.165) is 33.8 Å². The highest BCUT2D eigenvalue weighted by atomic mass is 16.7. The minimum atomic E-state index is -1.57. The van der Waals surface area contributed by atoms with Gasteiger partial charge in [-0.1, -0.05) is 6.07 Å². The molecule has 2 rings (SSSR count). The molecule has 1 aliphatic heterocycles. The number of hydrogen-bond acceptors (Lipinski definition) is 12. The largest absolute Gasteiger partial charge is 0.463 e. The summed E-state index contributed by atoms with van der Waals surface area (Å²) < 4.78 is 26.3. The van der Waals surface area contributed by atoms with Crippen LogP contribution in [0.5, 0.6) is 0 Å². The Morgan fingerprint density at radius 3 is 2.11 bits per heavy atom. The first-order valence-corrected chi connectivity index (χ1v) is 10.5. The Morgan fingerprint density at radius 2 is 1.56 bits per heavy atom. The van der Waals surface area contributed by atoms with Gasteiger partial charge in [0.1, 0.15) is 18.8 Å². The van der Waals surface area contributed by atoms with Crippen LogP contribution in [0.3, 0.4) is 0 Å². The Bertz CT molecular complexity index is 1030. The molecule has 0 aromatic heterocycles. The van der Waals surface area contributed by atoms with E-state index in [-0.39, 0.29) is 11.4 Å². The standard InChI is InChI=1S/C21H25N3O12/c1-10(25)32-9-16-18(33-11(2)26)19(34-12(3)27)17(20(36-16)35-13(4)28)23-21(29)22-14-6-5-7-15(8-14)24(30)31/h5-8,16-20H,9H2,1-4H3,(H2,22,23,29)/t16-,17-,18+,19+,20+/m0/s1. The Balaban J connectivity index is 2.39. The summed E-state index contributed by atoms with van der Waals surface area (Å²) in [7, 11) is 0. The van der Waals surface area contributed by atoms with Crippen LogP contribution >= 0.6 is 0 Å². The third kappa shape index (κ3) is 8.19. The lowest BCUT2D eigenvalue weighted by atomic mass is 9.96. The summed E-state index contributed by atoms with van der Waals surface area (Å²) in [6.07, 6.45) is -5.67. The molecule has 0 spiro atoms. The molecule has 1 fully saturated rings. The van der Waals surface area contributed by atoms with E-state index in [0.29, 0.717) is 0 Å². The number of urea groups is 1. The minimum absolute atomic E-state index is 0.0516. The predicted molar refractivity (Wildman–Crippen MR) is 117 cm³/mol. The van der Waals surface area contributed by atoms with Crippen LogP contribution in [-0.4, -0.2) is 72.1 Å².